The second kappa shape index (κ2) is 28.7. The van der Waals surface area contributed by atoms with Gasteiger partial charge in [-0.1, -0.05) is 129 Å². The van der Waals surface area contributed by atoms with Gasteiger partial charge in [0, 0.05) is 11.5 Å². The predicted octanol–water partition coefficient (Wildman–Crippen LogP) is 8.80. The Bertz CT molecular complexity index is 603. The first-order valence-electron chi connectivity index (χ1n) is 18.1. The molecule has 0 spiro atoms. The predicted molar refractivity (Wildman–Crippen MR) is 187 cm³/mol. The number of rotatable bonds is 32. The minimum atomic E-state index is -0.0833. The number of carbonyl (C=O) groups is 2. The number of carbonyl (C=O) groups excluding carboxylic acids is 2. The fourth-order valence-electron chi connectivity index (χ4n) is 5.22. The molecule has 0 saturated carbocycles. The topological polar surface area (TPSA) is 52.6 Å². The van der Waals surface area contributed by atoms with Crippen LogP contribution >= 0.6 is 11.8 Å². The van der Waals surface area contributed by atoms with E-state index in [0.29, 0.717) is 35.3 Å². The lowest BCUT2D eigenvalue weighted by Crippen LogP contribution is -2.47. The molecular formula is C36H74N2O4S+2. The molecule has 0 bridgehead atoms. The van der Waals surface area contributed by atoms with Crippen molar-refractivity contribution in [3.63, 3.8) is 0 Å². The van der Waals surface area contributed by atoms with Crippen LogP contribution in [0.15, 0.2) is 0 Å². The van der Waals surface area contributed by atoms with E-state index in [1.807, 2.05) is 11.8 Å². The molecule has 0 atom stereocenters. The number of nitrogens with zero attached hydrogens (tertiary/aromatic N) is 2. The summed E-state index contributed by atoms with van der Waals surface area (Å²) in [4.78, 5) is 24.7. The highest BCUT2D eigenvalue weighted by Gasteiger charge is 2.23. The summed E-state index contributed by atoms with van der Waals surface area (Å²) in [6.07, 6.45) is 25.7. The summed E-state index contributed by atoms with van der Waals surface area (Å²) in [5.41, 5.74) is 0. The Balaban J connectivity index is 3.75. The van der Waals surface area contributed by atoms with Gasteiger partial charge in [-0.3, -0.25) is 0 Å². The third-order valence-electron chi connectivity index (χ3n) is 8.32. The van der Waals surface area contributed by atoms with Crippen LogP contribution in [0.4, 0.5) is 0 Å². The van der Waals surface area contributed by atoms with E-state index in [9.17, 15) is 9.59 Å². The normalized spacial score (nSPS) is 12.0. The molecule has 0 aliphatic carbocycles. The number of thioether (sulfide) groups is 1. The zero-order valence-corrected chi connectivity index (χ0v) is 30.6. The van der Waals surface area contributed by atoms with E-state index >= 15 is 0 Å². The summed E-state index contributed by atoms with van der Waals surface area (Å²) in [7, 11) is 8.42. The smallest absolute Gasteiger partial charge is 0.361 e. The zero-order valence-electron chi connectivity index (χ0n) is 29.7. The van der Waals surface area contributed by atoms with Crippen molar-refractivity contribution >= 4 is 23.7 Å². The largest absolute Gasteiger partial charge is 0.462 e. The molecule has 0 unspecified atom stereocenters. The number of hydrogen-bond acceptors (Lipinski definition) is 5. The van der Waals surface area contributed by atoms with Crippen molar-refractivity contribution in [1.82, 2.24) is 0 Å². The van der Waals surface area contributed by atoms with Crippen molar-refractivity contribution in [2.24, 2.45) is 0 Å². The van der Waals surface area contributed by atoms with Gasteiger partial charge >= 0.3 is 11.9 Å². The Morgan fingerprint density at radius 2 is 0.744 bits per heavy atom. The second-order valence-corrected chi connectivity index (χ2v) is 15.3. The molecule has 0 saturated heterocycles. The SMILES string of the molecule is CCCCCCCCCCCCOC(=O)C[N+](C)(C)CCSCC[N+](C)(C)CC(=O)OCCCCCCCCCCCC. The maximum absolute atomic E-state index is 12.3. The van der Waals surface area contributed by atoms with Gasteiger partial charge in [0.25, 0.3) is 0 Å². The highest BCUT2D eigenvalue weighted by molar-refractivity contribution is 7.99. The maximum atomic E-state index is 12.3. The second-order valence-electron chi connectivity index (χ2n) is 14.1. The summed E-state index contributed by atoms with van der Waals surface area (Å²) in [6, 6.07) is 0. The van der Waals surface area contributed by atoms with Gasteiger partial charge in [-0.2, -0.15) is 11.8 Å². The Morgan fingerprint density at radius 3 is 1.05 bits per heavy atom. The van der Waals surface area contributed by atoms with Gasteiger partial charge in [0.05, 0.1) is 54.5 Å². The zero-order chi connectivity index (χ0) is 32.1. The first-order valence-corrected chi connectivity index (χ1v) is 19.3. The summed E-state index contributed by atoms with van der Waals surface area (Å²) >= 11 is 1.90. The number of unbranched alkanes of at least 4 members (excludes halogenated alkanes) is 18. The van der Waals surface area contributed by atoms with Crippen molar-refractivity contribution in [2.75, 3.05) is 79.1 Å². The first-order chi connectivity index (χ1) is 20.6. The molecule has 0 aromatic carbocycles. The molecule has 0 aromatic heterocycles. The Hall–Kier alpha value is -0.790. The fourth-order valence-corrected chi connectivity index (χ4v) is 6.68. The standard InChI is InChI=1S/C36H74N2O4S/c1-7-9-11-13-15-17-19-21-23-25-29-41-35(39)33-37(3,4)27-31-43-32-28-38(5,6)34-36(40)42-30-26-24-22-20-18-16-14-12-10-8-2/h7-34H2,1-6H3/q+2. The third-order valence-corrected chi connectivity index (χ3v) is 9.26. The lowest BCUT2D eigenvalue weighted by molar-refractivity contribution is -0.881. The van der Waals surface area contributed by atoms with Crippen LogP contribution in [0.5, 0.6) is 0 Å². The monoisotopic (exact) mass is 631 g/mol. The van der Waals surface area contributed by atoms with Crippen LogP contribution in [-0.2, 0) is 19.1 Å². The lowest BCUT2D eigenvalue weighted by Gasteiger charge is -2.30. The molecule has 7 heteroatoms. The molecule has 0 aliphatic rings. The van der Waals surface area contributed by atoms with E-state index in [-0.39, 0.29) is 11.9 Å². The molecule has 256 valence electrons. The molecule has 0 radical (unpaired) electrons. The molecule has 0 rings (SSSR count). The van der Waals surface area contributed by atoms with Gasteiger partial charge in [0.15, 0.2) is 13.1 Å². The van der Waals surface area contributed by atoms with E-state index in [0.717, 1.165) is 50.3 Å². The van der Waals surface area contributed by atoms with Gasteiger partial charge in [0.2, 0.25) is 0 Å². The third kappa shape index (κ3) is 31.0. The van der Waals surface area contributed by atoms with E-state index in [1.54, 1.807) is 0 Å². The van der Waals surface area contributed by atoms with Crippen molar-refractivity contribution in [3.8, 4) is 0 Å². The van der Waals surface area contributed by atoms with E-state index < -0.39 is 0 Å². The molecule has 0 N–H and O–H groups in total. The van der Waals surface area contributed by atoms with Crippen LogP contribution in [0.25, 0.3) is 0 Å². The first kappa shape index (κ1) is 42.2. The van der Waals surface area contributed by atoms with Crippen molar-refractivity contribution in [1.29, 1.82) is 0 Å². The van der Waals surface area contributed by atoms with Crippen LogP contribution in [0.3, 0.4) is 0 Å². The Morgan fingerprint density at radius 1 is 0.465 bits per heavy atom. The molecule has 6 nitrogen and oxygen atoms in total. The van der Waals surface area contributed by atoms with E-state index in [4.69, 9.17) is 9.47 Å². The van der Waals surface area contributed by atoms with Crippen molar-refractivity contribution < 1.29 is 28.0 Å². The van der Waals surface area contributed by atoms with Gasteiger partial charge in [-0.05, 0) is 12.8 Å². The molecule has 0 heterocycles. The van der Waals surface area contributed by atoms with Gasteiger partial charge in [-0.15, -0.1) is 0 Å². The van der Waals surface area contributed by atoms with Crippen LogP contribution in [0, 0.1) is 0 Å². The highest BCUT2D eigenvalue weighted by Crippen LogP contribution is 2.13. The van der Waals surface area contributed by atoms with E-state index in [1.165, 1.54) is 103 Å². The van der Waals surface area contributed by atoms with Crippen LogP contribution in [0.1, 0.15) is 142 Å². The molecule has 0 fully saturated rings. The number of ether oxygens (including phenoxy) is 2. The number of likely N-dealkylation sites (N-methyl/N-ethyl adjacent to an activating group) is 2. The fraction of sp³-hybridized carbons (Fsp3) is 0.944. The number of quaternary nitrogens is 2. The van der Waals surface area contributed by atoms with Crippen molar-refractivity contribution in [2.45, 2.75) is 142 Å². The maximum Gasteiger partial charge on any atom is 0.361 e. The summed E-state index contributed by atoms with van der Waals surface area (Å²) < 4.78 is 12.3. The molecule has 43 heavy (non-hydrogen) atoms. The van der Waals surface area contributed by atoms with E-state index in [2.05, 4.69) is 42.0 Å². The quantitative estimate of drug-likeness (QED) is 0.0422. The van der Waals surface area contributed by atoms with Crippen LogP contribution in [0.2, 0.25) is 0 Å². The number of hydrogen-bond donors (Lipinski definition) is 0. The summed E-state index contributed by atoms with van der Waals surface area (Å²) in [5.74, 6) is 1.81. The minimum absolute atomic E-state index is 0.0833. The minimum Gasteiger partial charge on any atom is -0.462 e. The Kier molecular flexibility index (Phi) is 28.1. The van der Waals surface area contributed by atoms with Gasteiger partial charge in [-0.25, -0.2) is 9.59 Å². The van der Waals surface area contributed by atoms with Crippen LogP contribution in [-0.4, -0.2) is 100.0 Å². The lowest BCUT2D eigenvalue weighted by atomic mass is 10.1. The molecule has 0 aliphatic heterocycles. The average molecular weight is 631 g/mol. The van der Waals surface area contributed by atoms with Gasteiger partial charge in [0.1, 0.15) is 0 Å². The highest BCUT2D eigenvalue weighted by atomic mass is 32.2. The van der Waals surface area contributed by atoms with Crippen LogP contribution < -0.4 is 0 Å². The molecular weight excluding hydrogens is 556 g/mol. The molecule has 0 amide bonds. The number of esters is 2. The summed E-state index contributed by atoms with van der Waals surface area (Å²) in [6.45, 7) is 8.32. The Labute approximate surface area is 272 Å². The average Bonchev–Trinajstić information content (AvgIpc) is 2.93. The molecule has 0 aromatic rings. The van der Waals surface area contributed by atoms with Gasteiger partial charge < -0.3 is 18.4 Å². The van der Waals surface area contributed by atoms with Crippen molar-refractivity contribution in [3.05, 3.63) is 0 Å². The summed E-state index contributed by atoms with van der Waals surface area (Å²) in [5, 5.41) is 0.